The van der Waals surface area contributed by atoms with Crippen LogP contribution < -0.4 is 0 Å². The Morgan fingerprint density at radius 1 is 1.08 bits per heavy atom. The van der Waals surface area contributed by atoms with Crippen molar-refractivity contribution in [1.82, 2.24) is 4.90 Å². The first-order valence-electron chi connectivity index (χ1n) is 9.31. The molecule has 2 atom stereocenters. The van der Waals surface area contributed by atoms with Crippen LogP contribution in [-0.2, 0) is 4.79 Å². The molecule has 1 aliphatic heterocycles. The first kappa shape index (κ1) is 19.1. The van der Waals surface area contributed by atoms with Gasteiger partial charge in [-0.3, -0.25) is 9.69 Å². The number of nitrogens with zero attached hydrogens (tertiary/aromatic N) is 1. The van der Waals surface area contributed by atoms with Crippen molar-refractivity contribution in [1.29, 1.82) is 0 Å². The molecular formula is C22H26BrNO2. The molecule has 4 heteroatoms. The predicted molar refractivity (Wildman–Crippen MR) is 108 cm³/mol. The standard InChI is InChI=1S/C22H26BrNO2/c1-15(2)16-9-11-17(12-10-16)21(18-6-5-7-19(23)14-18)24-13-4-3-8-20(24)22(25)26/h5-7,9-12,14-15,20-21H,3-4,8,13H2,1-2H3,(H,25,26). The van der Waals surface area contributed by atoms with Crippen LogP contribution in [0.3, 0.4) is 0 Å². The van der Waals surface area contributed by atoms with Gasteiger partial charge in [0, 0.05) is 4.47 Å². The Balaban J connectivity index is 2.05. The van der Waals surface area contributed by atoms with Crippen LogP contribution in [0.25, 0.3) is 0 Å². The molecule has 3 nitrogen and oxygen atoms in total. The van der Waals surface area contributed by atoms with E-state index in [1.54, 1.807) is 0 Å². The van der Waals surface area contributed by atoms with Crippen LogP contribution in [0.15, 0.2) is 53.0 Å². The number of rotatable bonds is 5. The van der Waals surface area contributed by atoms with Crippen molar-refractivity contribution in [3.8, 4) is 0 Å². The summed E-state index contributed by atoms with van der Waals surface area (Å²) in [6.45, 7) is 5.18. The van der Waals surface area contributed by atoms with Crippen LogP contribution in [-0.4, -0.2) is 28.6 Å². The van der Waals surface area contributed by atoms with Crippen LogP contribution in [0, 0.1) is 0 Å². The maximum absolute atomic E-state index is 11.9. The molecular weight excluding hydrogens is 390 g/mol. The molecule has 2 aromatic rings. The summed E-state index contributed by atoms with van der Waals surface area (Å²) in [5.41, 5.74) is 3.58. The van der Waals surface area contributed by atoms with Gasteiger partial charge in [0.05, 0.1) is 6.04 Å². The number of piperidine rings is 1. The van der Waals surface area contributed by atoms with Gasteiger partial charge in [0.1, 0.15) is 6.04 Å². The first-order valence-corrected chi connectivity index (χ1v) is 10.1. The number of hydrogen-bond donors (Lipinski definition) is 1. The summed E-state index contributed by atoms with van der Waals surface area (Å²) in [5.74, 6) is -0.237. The van der Waals surface area contributed by atoms with Gasteiger partial charge in [-0.2, -0.15) is 0 Å². The number of likely N-dealkylation sites (tertiary alicyclic amines) is 1. The van der Waals surface area contributed by atoms with Crippen molar-refractivity contribution in [2.24, 2.45) is 0 Å². The zero-order chi connectivity index (χ0) is 18.7. The van der Waals surface area contributed by atoms with Gasteiger partial charge in [-0.05, 0) is 54.1 Å². The minimum atomic E-state index is -0.719. The highest BCUT2D eigenvalue weighted by Gasteiger charge is 2.35. The maximum atomic E-state index is 11.9. The van der Waals surface area contributed by atoms with Crippen molar-refractivity contribution in [2.75, 3.05) is 6.54 Å². The van der Waals surface area contributed by atoms with E-state index in [1.807, 2.05) is 12.1 Å². The Kier molecular flexibility index (Phi) is 6.15. The largest absolute Gasteiger partial charge is 0.480 e. The van der Waals surface area contributed by atoms with E-state index in [2.05, 4.69) is 71.1 Å². The van der Waals surface area contributed by atoms with Gasteiger partial charge in [-0.25, -0.2) is 0 Å². The fraction of sp³-hybridized carbons (Fsp3) is 0.409. The lowest BCUT2D eigenvalue weighted by Gasteiger charge is -2.39. The van der Waals surface area contributed by atoms with Gasteiger partial charge >= 0.3 is 5.97 Å². The topological polar surface area (TPSA) is 40.5 Å². The highest BCUT2D eigenvalue weighted by molar-refractivity contribution is 9.10. The Morgan fingerprint density at radius 2 is 1.77 bits per heavy atom. The van der Waals surface area contributed by atoms with Gasteiger partial charge in [-0.1, -0.05) is 72.6 Å². The number of halogens is 1. The van der Waals surface area contributed by atoms with E-state index < -0.39 is 12.0 Å². The Labute approximate surface area is 164 Å². The second-order valence-electron chi connectivity index (χ2n) is 7.37. The molecule has 1 saturated heterocycles. The van der Waals surface area contributed by atoms with Crippen molar-refractivity contribution in [3.05, 3.63) is 69.7 Å². The second kappa shape index (κ2) is 8.36. The molecule has 2 unspecified atom stereocenters. The van der Waals surface area contributed by atoms with E-state index in [4.69, 9.17) is 0 Å². The molecule has 2 aromatic carbocycles. The van der Waals surface area contributed by atoms with Crippen LogP contribution in [0.1, 0.15) is 61.8 Å². The van der Waals surface area contributed by atoms with Crippen molar-refractivity contribution < 1.29 is 9.90 Å². The molecule has 1 aliphatic rings. The lowest BCUT2D eigenvalue weighted by Crippen LogP contribution is -2.46. The third kappa shape index (κ3) is 4.18. The third-order valence-electron chi connectivity index (χ3n) is 5.24. The normalized spacial score (nSPS) is 19.5. The van der Waals surface area contributed by atoms with Crippen molar-refractivity contribution in [2.45, 2.75) is 51.1 Å². The summed E-state index contributed by atoms with van der Waals surface area (Å²) in [7, 11) is 0. The highest BCUT2D eigenvalue weighted by Crippen LogP contribution is 2.35. The number of hydrogen-bond acceptors (Lipinski definition) is 2. The molecule has 1 heterocycles. The van der Waals surface area contributed by atoms with Crippen LogP contribution >= 0.6 is 15.9 Å². The van der Waals surface area contributed by atoms with Gasteiger partial charge in [0.25, 0.3) is 0 Å². The molecule has 0 aromatic heterocycles. The van der Waals surface area contributed by atoms with Gasteiger partial charge in [0.15, 0.2) is 0 Å². The number of carboxylic acids is 1. The van der Waals surface area contributed by atoms with E-state index in [-0.39, 0.29) is 6.04 Å². The van der Waals surface area contributed by atoms with E-state index in [1.165, 1.54) is 5.56 Å². The fourth-order valence-corrected chi connectivity index (χ4v) is 4.26. The number of carbonyl (C=O) groups is 1. The van der Waals surface area contributed by atoms with Gasteiger partial charge in [0.2, 0.25) is 0 Å². The fourth-order valence-electron chi connectivity index (χ4n) is 3.84. The van der Waals surface area contributed by atoms with E-state index in [0.717, 1.165) is 35.0 Å². The summed E-state index contributed by atoms with van der Waals surface area (Å²) in [6, 6.07) is 16.4. The summed E-state index contributed by atoms with van der Waals surface area (Å²) >= 11 is 3.57. The zero-order valence-electron chi connectivity index (χ0n) is 15.4. The lowest BCUT2D eigenvalue weighted by molar-refractivity contribution is -0.145. The van der Waals surface area contributed by atoms with Crippen LogP contribution in [0.4, 0.5) is 0 Å². The lowest BCUT2D eigenvalue weighted by atomic mass is 9.90. The number of benzene rings is 2. The van der Waals surface area contributed by atoms with Crippen LogP contribution in [0.5, 0.6) is 0 Å². The second-order valence-corrected chi connectivity index (χ2v) is 8.28. The summed E-state index contributed by atoms with van der Waals surface area (Å²) in [5, 5.41) is 9.77. The van der Waals surface area contributed by atoms with Crippen LogP contribution in [0.2, 0.25) is 0 Å². The molecule has 0 spiro atoms. The smallest absolute Gasteiger partial charge is 0.320 e. The van der Waals surface area contributed by atoms with Gasteiger partial charge in [-0.15, -0.1) is 0 Å². The molecule has 138 valence electrons. The molecule has 0 radical (unpaired) electrons. The van der Waals surface area contributed by atoms with Crippen molar-refractivity contribution in [3.63, 3.8) is 0 Å². The quantitative estimate of drug-likeness (QED) is 0.690. The molecule has 0 saturated carbocycles. The minimum Gasteiger partial charge on any atom is -0.480 e. The highest BCUT2D eigenvalue weighted by atomic mass is 79.9. The SMILES string of the molecule is CC(C)c1ccc(C(c2cccc(Br)c2)N2CCCCC2C(=O)O)cc1. The van der Waals surface area contributed by atoms with E-state index in [9.17, 15) is 9.90 Å². The Morgan fingerprint density at radius 3 is 2.38 bits per heavy atom. The molecule has 0 amide bonds. The van der Waals surface area contributed by atoms with Gasteiger partial charge < -0.3 is 5.11 Å². The number of aliphatic carboxylic acids is 1. The third-order valence-corrected chi connectivity index (χ3v) is 5.74. The predicted octanol–water partition coefficient (Wildman–Crippen LogP) is 5.60. The average molecular weight is 416 g/mol. The maximum Gasteiger partial charge on any atom is 0.320 e. The van der Waals surface area contributed by atoms with Crippen molar-refractivity contribution >= 4 is 21.9 Å². The zero-order valence-corrected chi connectivity index (χ0v) is 16.9. The monoisotopic (exact) mass is 415 g/mol. The molecule has 1 fully saturated rings. The first-order chi connectivity index (χ1) is 12.5. The molecule has 3 rings (SSSR count). The Hall–Kier alpha value is -1.65. The molecule has 0 bridgehead atoms. The molecule has 0 aliphatic carbocycles. The molecule has 1 N–H and O–H groups in total. The summed E-state index contributed by atoms with van der Waals surface area (Å²) in [4.78, 5) is 14.1. The average Bonchev–Trinajstić information content (AvgIpc) is 2.63. The molecule has 26 heavy (non-hydrogen) atoms. The number of carboxylic acid groups (broad SMARTS) is 1. The minimum absolute atomic E-state index is 0.0462. The van der Waals surface area contributed by atoms with E-state index in [0.29, 0.717) is 12.3 Å². The van der Waals surface area contributed by atoms with E-state index >= 15 is 0 Å². The summed E-state index contributed by atoms with van der Waals surface area (Å²) in [6.07, 6.45) is 2.73. The Bertz CT molecular complexity index is 757. The summed E-state index contributed by atoms with van der Waals surface area (Å²) < 4.78 is 1.02.